The fraction of sp³-hybridized carbons (Fsp3) is 0.562. The fourth-order valence-electron chi connectivity index (χ4n) is 2.55. The number of halogens is 1. The summed E-state index contributed by atoms with van der Waals surface area (Å²) in [7, 11) is 0. The van der Waals surface area contributed by atoms with E-state index in [4.69, 9.17) is 5.73 Å². The largest absolute Gasteiger partial charge is 0.396 e. The molecular formula is C16H24FN3O. The molecule has 3 N–H and O–H groups in total. The standard InChI is InChI=1S/C16H24FN3O/c1-11(20-8-6-16(2,3)7-9-20)15(21)19-12-4-5-13(17)14(18)10-12/h4-5,10-11H,6-9,18H2,1-3H3,(H,19,21). The summed E-state index contributed by atoms with van der Waals surface area (Å²) >= 11 is 0. The summed E-state index contributed by atoms with van der Waals surface area (Å²) in [6, 6.07) is 4.03. The Morgan fingerprint density at radius 2 is 2.00 bits per heavy atom. The van der Waals surface area contributed by atoms with Gasteiger partial charge in [-0.25, -0.2) is 4.39 Å². The predicted octanol–water partition coefficient (Wildman–Crippen LogP) is 2.86. The summed E-state index contributed by atoms with van der Waals surface area (Å²) in [5, 5.41) is 2.80. The second-order valence-electron chi connectivity index (χ2n) is 6.60. The number of hydrogen-bond donors (Lipinski definition) is 2. The Balaban J connectivity index is 1.95. The Labute approximate surface area is 125 Å². The average molecular weight is 293 g/mol. The zero-order valence-electron chi connectivity index (χ0n) is 12.9. The lowest BCUT2D eigenvalue weighted by Crippen LogP contribution is -2.47. The highest BCUT2D eigenvalue weighted by atomic mass is 19.1. The third kappa shape index (κ3) is 3.94. The summed E-state index contributed by atoms with van der Waals surface area (Å²) in [4.78, 5) is 14.5. The van der Waals surface area contributed by atoms with Crippen LogP contribution in [0.4, 0.5) is 15.8 Å². The minimum Gasteiger partial charge on any atom is -0.396 e. The molecule has 0 radical (unpaired) electrons. The lowest BCUT2D eigenvalue weighted by atomic mass is 9.82. The summed E-state index contributed by atoms with van der Waals surface area (Å²) in [5.41, 5.74) is 6.44. The van der Waals surface area contributed by atoms with E-state index in [1.807, 2.05) is 6.92 Å². The molecule has 1 amide bonds. The topological polar surface area (TPSA) is 58.4 Å². The van der Waals surface area contributed by atoms with Gasteiger partial charge in [0.05, 0.1) is 11.7 Å². The first-order valence-corrected chi connectivity index (χ1v) is 7.38. The first kappa shape index (κ1) is 15.8. The normalized spacial score (nSPS) is 20.0. The van der Waals surface area contributed by atoms with E-state index in [0.29, 0.717) is 11.1 Å². The summed E-state index contributed by atoms with van der Waals surface area (Å²) in [5.74, 6) is -0.556. The number of nitrogens with one attached hydrogen (secondary N) is 1. The van der Waals surface area contributed by atoms with E-state index in [1.54, 1.807) is 0 Å². The first-order chi connectivity index (χ1) is 9.78. The third-order valence-electron chi connectivity index (χ3n) is 4.34. The molecule has 0 bridgehead atoms. The van der Waals surface area contributed by atoms with Crippen LogP contribution in [-0.4, -0.2) is 29.9 Å². The molecule has 1 saturated heterocycles. The van der Waals surface area contributed by atoms with Crippen molar-refractivity contribution in [2.24, 2.45) is 5.41 Å². The second-order valence-corrected chi connectivity index (χ2v) is 6.60. The van der Waals surface area contributed by atoms with Gasteiger partial charge in [0.1, 0.15) is 5.82 Å². The van der Waals surface area contributed by atoms with Crippen LogP contribution in [0, 0.1) is 11.2 Å². The molecule has 1 aliphatic rings. The van der Waals surface area contributed by atoms with Gasteiger partial charge in [-0.2, -0.15) is 0 Å². The minimum absolute atomic E-state index is 0.0418. The Morgan fingerprint density at radius 3 is 2.57 bits per heavy atom. The van der Waals surface area contributed by atoms with Crippen molar-refractivity contribution in [2.45, 2.75) is 39.7 Å². The van der Waals surface area contributed by atoms with E-state index < -0.39 is 5.82 Å². The van der Waals surface area contributed by atoms with Crippen molar-refractivity contribution in [1.82, 2.24) is 4.90 Å². The van der Waals surface area contributed by atoms with Crippen molar-refractivity contribution in [3.05, 3.63) is 24.0 Å². The van der Waals surface area contributed by atoms with Crippen LogP contribution in [0.3, 0.4) is 0 Å². The molecule has 1 atom stereocenters. The summed E-state index contributed by atoms with van der Waals surface area (Å²) in [6.45, 7) is 8.27. The number of nitrogen functional groups attached to an aromatic ring is 1. The highest BCUT2D eigenvalue weighted by Gasteiger charge is 2.30. The van der Waals surface area contributed by atoms with Gasteiger partial charge < -0.3 is 11.1 Å². The average Bonchev–Trinajstić information content (AvgIpc) is 2.42. The number of benzene rings is 1. The van der Waals surface area contributed by atoms with Gasteiger partial charge in [-0.1, -0.05) is 13.8 Å². The second kappa shape index (κ2) is 6.02. The van der Waals surface area contributed by atoms with E-state index in [-0.39, 0.29) is 17.6 Å². The number of nitrogens with two attached hydrogens (primary N) is 1. The summed E-state index contributed by atoms with van der Waals surface area (Å²) < 4.78 is 13.1. The Bertz CT molecular complexity index is 520. The van der Waals surface area contributed by atoms with Crippen molar-refractivity contribution < 1.29 is 9.18 Å². The number of piperidine rings is 1. The maximum Gasteiger partial charge on any atom is 0.241 e. The van der Waals surface area contributed by atoms with Crippen molar-refractivity contribution in [1.29, 1.82) is 0 Å². The molecule has 1 aromatic carbocycles. The number of amides is 1. The number of nitrogens with zero attached hydrogens (tertiary/aromatic N) is 1. The third-order valence-corrected chi connectivity index (χ3v) is 4.34. The van der Waals surface area contributed by atoms with Crippen molar-refractivity contribution in [3.8, 4) is 0 Å². The van der Waals surface area contributed by atoms with Gasteiger partial charge in [0, 0.05) is 5.69 Å². The molecule has 1 aliphatic heterocycles. The Kier molecular flexibility index (Phi) is 4.52. The van der Waals surface area contributed by atoms with Crippen LogP contribution in [0.5, 0.6) is 0 Å². The van der Waals surface area contributed by atoms with E-state index in [0.717, 1.165) is 25.9 Å². The minimum atomic E-state index is -0.473. The van der Waals surface area contributed by atoms with Crippen LogP contribution in [0.2, 0.25) is 0 Å². The van der Waals surface area contributed by atoms with Gasteiger partial charge in [0.15, 0.2) is 0 Å². The number of likely N-dealkylation sites (tertiary alicyclic amines) is 1. The van der Waals surface area contributed by atoms with Crippen LogP contribution < -0.4 is 11.1 Å². The molecule has 0 aliphatic carbocycles. The monoisotopic (exact) mass is 293 g/mol. The number of hydrogen-bond acceptors (Lipinski definition) is 3. The van der Waals surface area contributed by atoms with Gasteiger partial charge >= 0.3 is 0 Å². The molecule has 0 saturated carbocycles. The smallest absolute Gasteiger partial charge is 0.241 e. The number of carbonyl (C=O) groups excluding carboxylic acids is 1. The molecule has 1 aromatic rings. The molecule has 0 spiro atoms. The van der Waals surface area contributed by atoms with E-state index in [1.165, 1.54) is 18.2 Å². The predicted molar refractivity (Wildman–Crippen MR) is 83.5 cm³/mol. The molecule has 1 fully saturated rings. The van der Waals surface area contributed by atoms with Crippen LogP contribution in [0.25, 0.3) is 0 Å². The molecule has 21 heavy (non-hydrogen) atoms. The zero-order chi connectivity index (χ0) is 15.6. The SMILES string of the molecule is CC(C(=O)Nc1ccc(F)c(N)c1)N1CCC(C)(C)CC1. The molecule has 5 heteroatoms. The lowest BCUT2D eigenvalue weighted by Gasteiger charge is -2.39. The molecular weight excluding hydrogens is 269 g/mol. The molecule has 116 valence electrons. The van der Waals surface area contributed by atoms with Crippen LogP contribution >= 0.6 is 0 Å². The highest BCUT2D eigenvalue weighted by molar-refractivity contribution is 5.94. The zero-order valence-corrected chi connectivity index (χ0v) is 12.9. The highest BCUT2D eigenvalue weighted by Crippen LogP contribution is 2.30. The lowest BCUT2D eigenvalue weighted by molar-refractivity contribution is -0.121. The Hall–Kier alpha value is -1.62. The van der Waals surface area contributed by atoms with Gasteiger partial charge in [-0.15, -0.1) is 0 Å². The van der Waals surface area contributed by atoms with Gasteiger partial charge in [0.2, 0.25) is 5.91 Å². The maximum absolute atomic E-state index is 13.1. The van der Waals surface area contributed by atoms with E-state index >= 15 is 0 Å². The van der Waals surface area contributed by atoms with Crippen molar-refractivity contribution in [3.63, 3.8) is 0 Å². The van der Waals surface area contributed by atoms with Gasteiger partial charge in [-0.3, -0.25) is 9.69 Å². The van der Waals surface area contributed by atoms with Gasteiger partial charge in [-0.05, 0) is 56.5 Å². The quantitative estimate of drug-likeness (QED) is 0.843. The fourth-order valence-corrected chi connectivity index (χ4v) is 2.55. The number of carbonyl (C=O) groups is 1. The van der Waals surface area contributed by atoms with E-state index in [2.05, 4.69) is 24.1 Å². The first-order valence-electron chi connectivity index (χ1n) is 7.38. The van der Waals surface area contributed by atoms with Crippen LogP contribution in [0.1, 0.15) is 33.6 Å². The van der Waals surface area contributed by atoms with Crippen LogP contribution in [-0.2, 0) is 4.79 Å². The van der Waals surface area contributed by atoms with Crippen molar-refractivity contribution >= 4 is 17.3 Å². The van der Waals surface area contributed by atoms with Crippen LogP contribution in [0.15, 0.2) is 18.2 Å². The molecule has 4 nitrogen and oxygen atoms in total. The van der Waals surface area contributed by atoms with E-state index in [9.17, 15) is 9.18 Å². The number of anilines is 2. The van der Waals surface area contributed by atoms with Crippen molar-refractivity contribution in [2.75, 3.05) is 24.1 Å². The summed E-state index contributed by atoms with van der Waals surface area (Å²) in [6.07, 6.45) is 2.18. The Morgan fingerprint density at radius 1 is 1.38 bits per heavy atom. The molecule has 0 aromatic heterocycles. The molecule has 1 heterocycles. The maximum atomic E-state index is 13.1. The molecule has 2 rings (SSSR count). The number of rotatable bonds is 3. The molecule has 1 unspecified atom stereocenters. The van der Waals surface area contributed by atoms with Gasteiger partial charge in [0.25, 0.3) is 0 Å².